The molecule has 2 rings (SSSR count). The molecule has 0 bridgehead atoms. The summed E-state index contributed by atoms with van der Waals surface area (Å²) in [7, 11) is 0. The molecule has 0 unspecified atom stereocenters. The maximum atomic E-state index is 10.6. The molecule has 0 amide bonds. The zero-order valence-corrected chi connectivity index (χ0v) is 9.05. The van der Waals surface area contributed by atoms with Crippen molar-refractivity contribution in [1.82, 2.24) is 4.37 Å². The highest BCUT2D eigenvalue weighted by molar-refractivity contribution is 7.09. The smallest absolute Gasteiger partial charge is 0.355 e. The van der Waals surface area contributed by atoms with Gasteiger partial charge in [-0.3, -0.25) is 0 Å². The number of hydrogen-bond acceptors (Lipinski definition) is 3. The van der Waals surface area contributed by atoms with Crippen molar-refractivity contribution >= 4 is 29.1 Å². The predicted molar refractivity (Wildman–Crippen MR) is 59.5 cm³/mol. The van der Waals surface area contributed by atoms with Gasteiger partial charge in [0.25, 0.3) is 0 Å². The number of hydrogen-bond donors (Lipinski definition) is 1. The molecule has 1 aromatic carbocycles. The minimum Gasteiger partial charge on any atom is -0.476 e. The fraction of sp³-hybridized carbons (Fsp3) is 0. The first kappa shape index (κ1) is 10.1. The first-order valence-electron chi connectivity index (χ1n) is 4.13. The molecule has 15 heavy (non-hydrogen) atoms. The molecule has 3 nitrogen and oxygen atoms in total. The molecule has 1 aromatic heterocycles. The second-order valence-corrected chi connectivity index (χ2v) is 4.07. The maximum absolute atomic E-state index is 10.6. The van der Waals surface area contributed by atoms with Gasteiger partial charge < -0.3 is 5.11 Å². The van der Waals surface area contributed by atoms with Gasteiger partial charge in [0.15, 0.2) is 5.69 Å². The van der Waals surface area contributed by atoms with Crippen molar-refractivity contribution in [3.05, 3.63) is 41.0 Å². The standard InChI is InChI=1S/C10H6ClNO2S/c11-7-4-2-1-3-6(7)9-5-8(10(13)14)12-15-9/h1-5H,(H,13,14). The molecule has 0 saturated carbocycles. The van der Waals surface area contributed by atoms with Crippen LogP contribution in [0.25, 0.3) is 10.4 Å². The molecular formula is C10H6ClNO2S. The third-order valence-corrected chi connectivity index (χ3v) is 3.02. The number of aromatic carboxylic acids is 1. The average Bonchev–Trinajstić information content (AvgIpc) is 2.67. The molecule has 5 heteroatoms. The molecule has 2 aromatic rings. The van der Waals surface area contributed by atoms with Crippen LogP contribution in [0, 0.1) is 0 Å². The van der Waals surface area contributed by atoms with Crippen molar-refractivity contribution in [3.63, 3.8) is 0 Å². The molecule has 0 atom stereocenters. The van der Waals surface area contributed by atoms with Gasteiger partial charge in [0.05, 0.1) is 4.88 Å². The van der Waals surface area contributed by atoms with Crippen LogP contribution in [-0.2, 0) is 0 Å². The van der Waals surface area contributed by atoms with Gasteiger partial charge in [-0.25, -0.2) is 4.79 Å². The summed E-state index contributed by atoms with van der Waals surface area (Å²) in [4.78, 5) is 11.4. The number of rotatable bonds is 2. The molecule has 0 spiro atoms. The zero-order valence-electron chi connectivity index (χ0n) is 7.48. The van der Waals surface area contributed by atoms with E-state index in [4.69, 9.17) is 16.7 Å². The molecule has 0 aliphatic carbocycles. The van der Waals surface area contributed by atoms with E-state index in [9.17, 15) is 4.79 Å². The first-order chi connectivity index (χ1) is 7.18. The van der Waals surface area contributed by atoms with E-state index in [0.29, 0.717) is 5.02 Å². The van der Waals surface area contributed by atoms with E-state index in [2.05, 4.69) is 4.37 Å². The SMILES string of the molecule is O=C(O)c1cc(-c2ccccc2Cl)sn1. The molecule has 0 aliphatic rings. The topological polar surface area (TPSA) is 50.2 Å². The van der Waals surface area contributed by atoms with Gasteiger partial charge in [-0.15, -0.1) is 0 Å². The fourth-order valence-electron chi connectivity index (χ4n) is 1.16. The summed E-state index contributed by atoms with van der Waals surface area (Å²) in [5, 5.41) is 9.32. The van der Waals surface area contributed by atoms with E-state index in [0.717, 1.165) is 22.0 Å². The summed E-state index contributed by atoms with van der Waals surface area (Å²) < 4.78 is 3.82. The Morgan fingerprint density at radius 2 is 2.13 bits per heavy atom. The van der Waals surface area contributed by atoms with E-state index < -0.39 is 5.97 Å². The van der Waals surface area contributed by atoms with Crippen molar-refractivity contribution < 1.29 is 9.90 Å². The molecule has 1 heterocycles. The van der Waals surface area contributed by atoms with Crippen LogP contribution in [0.3, 0.4) is 0 Å². The monoisotopic (exact) mass is 239 g/mol. The Morgan fingerprint density at radius 3 is 2.73 bits per heavy atom. The van der Waals surface area contributed by atoms with E-state index in [1.165, 1.54) is 6.07 Å². The minimum absolute atomic E-state index is 0.0509. The number of carboxylic acid groups (broad SMARTS) is 1. The number of nitrogens with zero attached hydrogens (tertiary/aromatic N) is 1. The maximum Gasteiger partial charge on any atom is 0.355 e. The van der Waals surface area contributed by atoms with Crippen molar-refractivity contribution in [1.29, 1.82) is 0 Å². The number of aromatic nitrogens is 1. The summed E-state index contributed by atoms with van der Waals surface area (Å²) in [6.07, 6.45) is 0. The van der Waals surface area contributed by atoms with Crippen LogP contribution in [-0.4, -0.2) is 15.4 Å². The number of carboxylic acids is 1. The quantitative estimate of drug-likeness (QED) is 0.876. The van der Waals surface area contributed by atoms with Gasteiger partial charge in [0.1, 0.15) is 0 Å². The van der Waals surface area contributed by atoms with E-state index in [1.807, 2.05) is 18.2 Å². The first-order valence-corrected chi connectivity index (χ1v) is 5.28. The van der Waals surface area contributed by atoms with Gasteiger partial charge in [-0.2, -0.15) is 4.37 Å². The van der Waals surface area contributed by atoms with E-state index in [1.54, 1.807) is 6.07 Å². The largest absolute Gasteiger partial charge is 0.476 e. The second-order valence-electron chi connectivity index (χ2n) is 2.86. The van der Waals surface area contributed by atoms with Gasteiger partial charge in [-0.05, 0) is 23.7 Å². The third kappa shape index (κ3) is 2.00. The summed E-state index contributed by atoms with van der Waals surface area (Å²) in [5.41, 5.74) is 0.860. The molecule has 76 valence electrons. The van der Waals surface area contributed by atoms with E-state index >= 15 is 0 Å². The van der Waals surface area contributed by atoms with Crippen LogP contribution in [0.15, 0.2) is 30.3 Å². The highest BCUT2D eigenvalue weighted by Gasteiger charge is 2.11. The van der Waals surface area contributed by atoms with Crippen LogP contribution in [0.5, 0.6) is 0 Å². The second kappa shape index (κ2) is 4.00. The van der Waals surface area contributed by atoms with Gasteiger partial charge >= 0.3 is 5.97 Å². The lowest BCUT2D eigenvalue weighted by Gasteiger charge is -1.97. The summed E-state index contributed by atoms with van der Waals surface area (Å²) in [6.45, 7) is 0. The van der Waals surface area contributed by atoms with Crippen LogP contribution in [0.2, 0.25) is 5.02 Å². The Kier molecular flexibility index (Phi) is 2.70. The molecule has 1 N–H and O–H groups in total. The van der Waals surface area contributed by atoms with Crippen molar-refractivity contribution in [2.24, 2.45) is 0 Å². The van der Waals surface area contributed by atoms with Crippen molar-refractivity contribution in [2.45, 2.75) is 0 Å². The third-order valence-electron chi connectivity index (χ3n) is 1.87. The highest BCUT2D eigenvalue weighted by atomic mass is 35.5. The van der Waals surface area contributed by atoms with E-state index in [-0.39, 0.29) is 5.69 Å². The van der Waals surface area contributed by atoms with Crippen LogP contribution < -0.4 is 0 Å². The average molecular weight is 240 g/mol. The Balaban J connectivity index is 2.46. The van der Waals surface area contributed by atoms with Crippen LogP contribution in [0.1, 0.15) is 10.5 Å². The lowest BCUT2D eigenvalue weighted by molar-refractivity contribution is 0.0692. The minimum atomic E-state index is -1.02. The van der Waals surface area contributed by atoms with Gasteiger partial charge in [0, 0.05) is 10.6 Å². The molecule has 0 aliphatic heterocycles. The van der Waals surface area contributed by atoms with Crippen molar-refractivity contribution in [2.75, 3.05) is 0 Å². The normalized spacial score (nSPS) is 10.2. The Hall–Kier alpha value is -1.39. The van der Waals surface area contributed by atoms with Gasteiger partial charge in [0.2, 0.25) is 0 Å². The van der Waals surface area contributed by atoms with Crippen LogP contribution >= 0.6 is 23.1 Å². The Labute approximate surface area is 95.1 Å². The fourth-order valence-corrected chi connectivity index (χ4v) is 2.23. The highest BCUT2D eigenvalue weighted by Crippen LogP contribution is 2.30. The summed E-state index contributed by atoms with van der Waals surface area (Å²) in [6, 6.07) is 8.79. The molecule has 0 radical (unpaired) electrons. The number of carbonyl (C=O) groups is 1. The molecule has 0 fully saturated rings. The Morgan fingerprint density at radius 1 is 1.40 bits per heavy atom. The lowest BCUT2D eigenvalue weighted by atomic mass is 10.2. The summed E-state index contributed by atoms with van der Waals surface area (Å²) in [5.74, 6) is -1.02. The zero-order chi connectivity index (χ0) is 10.8. The molecular weight excluding hydrogens is 234 g/mol. The predicted octanol–water partition coefficient (Wildman–Crippen LogP) is 3.16. The molecule has 0 saturated heterocycles. The summed E-state index contributed by atoms with van der Waals surface area (Å²) >= 11 is 7.11. The van der Waals surface area contributed by atoms with Crippen molar-refractivity contribution in [3.8, 4) is 10.4 Å². The van der Waals surface area contributed by atoms with Gasteiger partial charge in [-0.1, -0.05) is 29.8 Å². The lowest BCUT2D eigenvalue weighted by Crippen LogP contribution is -1.94. The number of benzene rings is 1. The van der Waals surface area contributed by atoms with Crippen LogP contribution in [0.4, 0.5) is 0 Å². The Bertz CT molecular complexity index is 510. The number of halogens is 1.